The second-order valence-electron chi connectivity index (χ2n) is 8.08. The molecule has 178 valence electrons. The van der Waals surface area contributed by atoms with Crippen LogP contribution in [0.5, 0.6) is 5.75 Å². The van der Waals surface area contributed by atoms with Gasteiger partial charge in [-0.25, -0.2) is 4.98 Å². The van der Waals surface area contributed by atoms with Crippen molar-refractivity contribution in [3.63, 3.8) is 0 Å². The fraction of sp³-hybridized carbons (Fsp3) is 0.391. The molecule has 2 aromatic rings. The number of aromatic nitrogens is 2. The number of piperidine rings is 1. The van der Waals surface area contributed by atoms with Gasteiger partial charge in [0.05, 0.1) is 19.9 Å². The lowest BCUT2D eigenvalue weighted by Gasteiger charge is -2.41. The van der Waals surface area contributed by atoms with E-state index < -0.39 is 23.9 Å². The van der Waals surface area contributed by atoms with Crippen LogP contribution in [0.15, 0.2) is 42.9 Å². The number of piperazine rings is 1. The summed E-state index contributed by atoms with van der Waals surface area (Å²) in [5.74, 6) is -0.848. The van der Waals surface area contributed by atoms with Gasteiger partial charge in [-0.05, 0) is 37.1 Å². The Labute approximate surface area is 196 Å². The maximum Gasteiger partial charge on any atom is 0.274 e. The molecular weight excluding hydrogens is 440 g/mol. The van der Waals surface area contributed by atoms with Gasteiger partial charge in [0.1, 0.15) is 23.5 Å². The second kappa shape index (κ2) is 10.3. The Balaban J connectivity index is 1.55. The highest BCUT2D eigenvalue weighted by molar-refractivity contribution is 5.99. The Hall–Kier alpha value is -4.02. The maximum atomic E-state index is 13.3. The summed E-state index contributed by atoms with van der Waals surface area (Å²) in [6.07, 6.45) is 5.44. The largest absolute Gasteiger partial charge is 0.497 e. The lowest BCUT2D eigenvalue weighted by molar-refractivity contribution is -0.133. The molecule has 2 N–H and O–H groups in total. The van der Waals surface area contributed by atoms with E-state index in [0.29, 0.717) is 24.3 Å². The summed E-state index contributed by atoms with van der Waals surface area (Å²) in [5.41, 5.74) is 0.547. The normalized spacial score (nSPS) is 20.3. The van der Waals surface area contributed by atoms with E-state index >= 15 is 0 Å². The number of ether oxygens (including phenoxy) is 1. The number of benzene rings is 1. The zero-order valence-corrected chi connectivity index (χ0v) is 18.8. The third-order valence-electron chi connectivity index (χ3n) is 5.95. The highest BCUT2D eigenvalue weighted by Crippen LogP contribution is 2.19. The molecule has 0 aliphatic carbocycles. The van der Waals surface area contributed by atoms with Gasteiger partial charge in [0, 0.05) is 37.6 Å². The summed E-state index contributed by atoms with van der Waals surface area (Å²) in [6.45, 7) is 0.921. The van der Waals surface area contributed by atoms with Gasteiger partial charge in [-0.1, -0.05) is 0 Å². The van der Waals surface area contributed by atoms with Gasteiger partial charge in [-0.3, -0.25) is 24.2 Å². The van der Waals surface area contributed by atoms with Crippen LogP contribution < -0.4 is 15.4 Å². The molecule has 34 heavy (non-hydrogen) atoms. The zero-order valence-electron chi connectivity index (χ0n) is 18.8. The smallest absolute Gasteiger partial charge is 0.274 e. The number of amides is 4. The number of carbonyl (C=O) groups is 4. The number of nitrogens with one attached hydrogen (secondary N) is 2. The summed E-state index contributed by atoms with van der Waals surface area (Å²) < 4.78 is 5.14. The van der Waals surface area contributed by atoms with Crippen molar-refractivity contribution in [2.45, 2.75) is 24.9 Å². The monoisotopic (exact) mass is 466 g/mol. The predicted octanol–water partition coefficient (Wildman–Crippen LogP) is -0.153. The fourth-order valence-electron chi connectivity index (χ4n) is 4.09. The Morgan fingerprint density at radius 3 is 2.59 bits per heavy atom. The van der Waals surface area contributed by atoms with E-state index in [-0.39, 0.29) is 37.1 Å². The van der Waals surface area contributed by atoms with Gasteiger partial charge >= 0.3 is 0 Å². The quantitative estimate of drug-likeness (QED) is 0.626. The maximum absolute atomic E-state index is 13.3. The molecule has 1 aromatic carbocycles. The lowest BCUT2D eigenvalue weighted by Crippen LogP contribution is -2.63. The van der Waals surface area contributed by atoms with Gasteiger partial charge in [0.15, 0.2) is 0 Å². The van der Waals surface area contributed by atoms with E-state index in [1.807, 2.05) is 0 Å². The van der Waals surface area contributed by atoms with Crippen LogP contribution >= 0.6 is 0 Å². The lowest BCUT2D eigenvalue weighted by atomic mass is 10.0. The van der Waals surface area contributed by atoms with Crippen molar-refractivity contribution in [3.8, 4) is 5.75 Å². The number of carbonyl (C=O) groups excluding carboxylic acids is 4. The molecule has 2 atom stereocenters. The second-order valence-corrected chi connectivity index (χ2v) is 8.08. The average Bonchev–Trinajstić information content (AvgIpc) is 2.89. The molecule has 0 saturated carbocycles. The molecule has 0 unspecified atom stereocenters. The fourth-order valence-corrected chi connectivity index (χ4v) is 4.09. The first kappa shape index (κ1) is 23.1. The predicted molar refractivity (Wildman–Crippen MR) is 120 cm³/mol. The molecule has 2 saturated heterocycles. The number of rotatable bonds is 5. The van der Waals surface area contributed by atoms with Crippen molar-refractivity contribution in [1.82, 2.24) is 30.4 Å². The summed E-state index contributed by atoms with van der Waals surface area (Å²) in [7, 11) is 1.54. The Morgan fingerprint density at radius 2 is 1.91 bits per heavy atom. The van der Waals surface area contributed by atoms with Crippen molar-refractivity contribution in [2.24, 2.45) is 0 Å². The molecule has 2 fully saturated rings. The van der Waals surface area contributed by atoms with Crippen LogP contribution in [0.3, 0.4) is 0 Å². The number of hydrogen-bond acceptors (Lipinski definition) is 7. The molecule has 4 amide bonds. The van der Waals surface area contributed by atoms with Gasteiger partial charge < -0.3 is 25.2 Å². The highest BCUT2D eigenvalue weighted by atomic mass is 16.5. The molecule has 3 heterocycles. The first-order chi connectivity index (χ1) is 16.5. The number of nitrogens with zero attached hydrogens (tertiary/aromatic N) is 4. The van der Waals surface area contributed by atoms with Crippen LogP contribution in [0.25, 0.3) is 0 Å². The zero-order chi connectivity index (χ0) is 24.1. The summed E-state index contributed by atoms with van der Waals surface area (Å²) in [5, 5.41) is 5.48. The minimum Gasteiger partial charge on any atom is -0.497 e. The summed E-state index contributed by atoms with van der Waals surface area (Å²) >= 11 is 0. The first-order valence-electron chi connectivity index (χ1n) is 11.1. The van der Waals surface area contributed by atoms with Crippen LogP contribution in [0.1, 0.15) is 33.7 Å². The molecule has 1 aromatic heterocycles. The summed E-state index contributed by atoms with van der Waals surface area (Å²) in [4.78, 5) is 62.6. The molecular formula is C23H26N6O5. The molecule has 0 radical (unpaired) electrons. The van der Waals surface area contributed by atoms with E-state index in [1.54, 1.807) is 31.4 Å². The van der Waals surface area contributed by atoms with Crippen molar-refractivity contribution < 1.29 is 23.9 Å². The number of methoxy groups -OCH3 is 1. The van der Waals surface area contributed by atoms with Crippen LogP contribution in [-0.2, 0) is 9.59 Å². The third kappa shape index (κ3) is 4.98. The minimum absolute atomic E-state index is 0.0168. The van der Waals surface area contributed by atoms with Crippen molar-refractivity contribution in [2.75, 3.05) is 33.3 Å². The van der Waals surface area contributed by atoms with Gasteiger partial charge in [0.25, 0.3) is 11.8 Å². The van der Waals surface area contributed by atoms with Crippen LogP contribution in [0.4, 0.5) is 0 Å². The van der Waals surface area contributed by atoms with Gasteiger partial charge in [-0.15, -0.1) is 0 Å². The van der Waals surface area contributed by atoms with Crippen molar-refractivity contribution in [3.05, 3.63) is 54.1 Å². The third-order valence-corrected chi connectivity index (χ3v) is 5.95. The highest BCUT2D eigenvalue weighted by Gasteiger charge is 2.39. The van der Waals surface area contributed by atoms with Crippen LogP contribution in [0, 0.1) is 0 Å². The Morgan fingerprint density at radius 1 is 1.12 bits per heavy atom. The Bertz CT molecular complexity index is 1060. The number of hydrogen-bond donors (Lipinski definition) is 2. The van der Waals surface area contributed by atoms with E-state index in [1.165, 1.54) is 28.4 Å². The first-order valence-corrected chi connectivity index (χ1v) is 11.1. The SMILES string of the molecule is COc1ccc(C(=O)N2CCN(C(=O)c3cnccn3)[C@H](C(=O)N[C@H]3CCCNC3=O)C2)cc1. The van der Waals surface area contributed by atoms with Crippen molar-refractivity contribution >= 4 is 23.6 Å². The molecule has 2 aliphatic rings. The van der Waals surface area contributed by atoms with Crippen LogP contribution in [-0.4, -0.2) is 88.8 Å². The van der Waals surface area contributed by atoms with E-state index in [4.69, 9.17) is 4.74 Å². The average molecular weight is 466 g/mol. The van der Waals surface area contributed by atoms with E-state index in [2.05, 4.69) is 20.6 Å². The topological polar surface area (TPSA) is 134 Å². The molecule has 4 rings (SSSR count). The molecule has 2 aliphatic heterocycles. The molecule has 11 heteroatoms. The molecule has 11 nitrogen and oxygen atoms in total. The molecule has 0 spiro atoms. The minimum atomic E-state index is -0.986. The van der Waals surface area contributed by atoms with Gasteiger partial charge in [0.2, 0.25) is 11.8 Å². The Kier molecular flexibility index (Phi) is 7.00. The van der Waals surface area contributed by atoms with E-state index in [9.17, 15) is 19.2 Å². The van der Waals surface area contributed by atoms with E-state index in [0.717, 1.165) is 6.42 Å². The summed E-state index contributed by atoms with van der Waals surface area (Å²) in [6, 6.07) is 5.02. The standard InChI is InChI=1S/C23H26N6O5/c1-34-16-6-4-15(5-7-16)22(32)28-11-12-29(23(33)18-13-24-9-10-25-18)19(14-28)21(31)27-17-3-2-8-26-20(17)30/h4-7,9-10,13,17,19H,2-3,8,11-12,14H2,1H3,(H,26,30)(H,27,31)/t17-,19-/m0/s1. The van der Waals surface area contributed by atoms with Gasteiger partial charge in [-0.2, -0.15) is 0 Å². The van der Waals surface area contributed by atoms with Crippen LogP contribution in [0.2, 0.25) is 0 Å². The molecule has 0 bridgehead atoms. The van der Waals surface area contributed by atoms with Crippen molar-refractivity contribution in [1.29, 1.82) is 0 Å².